The van der Waals surface area contributed by atoms with Gasteiger partial charge in [-0.2, -0.15) is 18.4 Å². The number of hydrogen-bond acceptors (Lipinski definition) is 4. The number of nitrogens with two attached hydrogens (primary N) is 2. The molecule has 1 aromatic carbocycles. The lowest BCUT2D eigenvalue weighted by atomic mass is 9.96. The van der Waals surface area contributed by atoms with E-state index < -0.39 is 12.1 Å². The molecule has 0 radical (unpaired) electrons. The van der Waals surface area contributed by atoms with Crippen molar-refractivity contribution in [3.8, 4) is 6.07 Å². The van der Waals surface area contributed by atoms with Crippen LogP contribution < -0.4 is 16.4 Å². The van der Waals surface area contributed by atoms with Gasteiger partial charge in [0, 0.05) is 13.1 Å². The maximum atomic E-state index is 12.8. The van der Waals surface area contributed by atoms with E-state index in [2.05, 4.69) is 0 Å². The molecule has 0 amide bonds. The number of piperidine rings is 1. The molecule has 1 saturated heterocycles. The molecule has 2 rings (SSSR count). The molecule has 1 fully saturated rings. The summed E-state index contributed by atoms with van der Waals surface area (Å²) in [6, 6.07) is 4.84. The van der Waals surface area contributed by atoms with Gasteiger partial charge in [0.2, 0.25) is 0 Å². The highest BCUT2D eigenvalue weighted by atomic mass is 19.4. The average Bonchev–Trinajstić information content (AvgIpc) is 2.40. The van der Waals surface area contributed by atoms with Crippen LogP contribution in [0.25, 0.3) is 0 Å². The van der Waals surface area contributed by atoms with Crippen molar-refractivity contribution in [2.75, 3.05) is 29.5 Å². The third-order valence-corrected chi connectivity index (χ3v) is 3.55. The number of nitrogens with zero attached hydrogens (tertiary/aromatic N) is 2. The van der Waals surface area contributed by atoms with Crippen molar-refractivity contribution in [2.45, 2.75) is 19.0 Å². The number of hydrogen-bond donors (Lipinski definition) is 2. The summed E-state index contributed by atoms with van der Waals surface area (Å²) in [7, 11) is 0. The van der Waals surface area contributed by atoms with Crippen molar-refractivity contribution >= 4 is 17.1 Å². The first-order valence-electron chi connectivity index (χ1n) is 6.23. The second-order valence-corrected chi connectivity index (χ2v) is 4.94. The molecular weight excluding hydrogens is 269 g/mol. The topological polar surface area (TPSA) is 79.1 Å². The fourth-order valence-electron chi connectivity index (χ4n) is 2.44. The summed E-state index contributed by atoms with van der Waals surface area (Å²) in [5.41, 5.74) is 12.5. The number of benzene rings is 1. The summed E-state index contributed by atoms with van der Waals surface area (Å²) in [5, 5.41) is 9.09. The van der Waals surface area contributed by atoms with Gasteiger partial charge in [0.1, 0.15) is 6.07 Å². The molecule has 0 aliphatic carbocycles. The fourth-order valence-corrected chi connectivity index (χ4v) is 2.44. The van der Waals surface area contributed by atoms with Crippen molar-refractivity contribution in [2.24, 2.45) is 5.92 Å². The lowest BCUT2D eigenvalue weighted by Crippen LogP contribution is -2.42. The molecular formula is C13H15F3N4. The normalized spacial score (nSPS) is 19.7. The number of rotatable bonds is 1. The van der Waals surface area contributed by atoms with Gasteiger partial charge in [-0.1, -0.05) is 0 Å². The van der Waals surface area contributed by atoms with Crippen molar-refractivity contribution in [1.82, 2.24) is 0 Å². The van der Waals surface area contributed by atoms with E-state index in [0.29, 0.717) is 18.7 Å². The third-order valence-electron chi connectivity index (χ3n) is 3.55. The second kappa shape index (κ2) is 5.12. The average molecular weight is 284 g/mol. The summed E-state index contributed by atoms with van der Waals surface area (Å²) in [6.45, 7) is 0.326. The highest BCUT2D eigenvalue weighted by Gasteiger charge is 2.42. The molecule has 0 saturated carbocycles. The Labute approximate surface area is 114 Å². The van der Waals surface area contributed by atoms with E-state index >= 15 is 0 Å². The first kappa shape index (κ1) is 14.3. The number of halogens is 3. The molecule has 7 heteroatoms. The Bertz CT molecular complexity index is 548. The second-order valence-electron chi connectivity index (χ2n) is 4.94. The molecule has 108 valence electrons. The Balaban J connectivity index is 2.32. The predicted molar refractivity (Wildman–Crippen MR) is 71.0 cm³/mol. The molecule has 4 nitrogen and oxygen atoms in total. The van der Waals surface area contributed by atoms with Crippen LogP contribution >= 0.6 is 0 Å². The van der Waals surface area contributed by atoms with E-state index in [0.717, 1.165) is 0 Å². The number of nitrogen functional groups attached to an aromatic ring is 2. The minimum atomic E-state index is -4.22. The van der Waals surface area contributed by atoms with Gasteiger partial charge in [0.05, 0.1) is 28.5 Å². The summed E-state index contributed by atoms with van der Waals surface area (Å²) in [5.74, 6) is -1.37. The van der Waals surface area contributed by atoms with Crippen LogP contribution in [0.3, 0.4) is 0 Å². The van der Waals surface area contributed by atoms with Crippen LogP contribution in [-0.4, -0.2) is 19.3 Å². The highest BCUT2D eigenvalue weighted by molar-refractivity contribution is 5.75. The van der Waals surface area contributed by atoms with Gasteiger partial charge in [-0.15, -0.1) is 0 Å². The molecule has 1 atom stereocenters. The van der Waals surface area contributed by atoms with E-state index in [1.54, 1.807) is 4.90 Å². The summed E-state index contributed by atoms with van der Waals surface area (Å²) >= 11 is 0. The van der Waals surface area contributed by atoms with Crippen molar-refractivity contribution in [3.63, 3.8) is 0 Å². The largest absolute Gasteiger partial charge is 0.397 e. The Morgan fingerprint density at radius 2 is 1.90 bits per heavy atom. The van der Waals surface area contributed by atoms with Gasteiger partial charge in [-0.05, 0) is 25.0 Å². The molecule has 0 spiro atoms. The van der Waals surface area contributed by atoms with Crippen LogP contribution in [0, 0.1) is 17.2 Å². The zero-order valence-electron chi connectivity index (χ0n) is 10.7. The molecule has 20 heavy (non-hydrogen) atoms. The quantitative estimate of drug-likeness (QED) is 0.777. The van der Waals surface area contributed by atoms with Gasteiger partial charge in [0.25, 0.3) is 0 Å². The maximum absolute atomic E-state index is 12.8. The van der Waals surface area contributed by atoms with Gasteiger partial charge in [-0.25, -0.2) is 0 Å². The number of nitriles is 1. The van der Waals surface area contributed by atoms with E-state index in [-0.39, 0.29) is 29.9 Å². The first-order chi connectivity index (χ1) is 9.32. The number of alkyl halides is 3. The van der Waals surface area contributed by atoms with Gasteiger partial charge >= 0.3 is 6.18 Å². The number of anilines is 3. The Kier molecular flexibility index (Phi) is 3.66. The Morgan fingerprint density at radius 1 is 1.25 bits per heavy atom. The van der Waals surface area contributed by atoms with Gasteiger partial charge in [0.15, 0.2) is 0 Å². The zero-order valence-corrected chi connectivity index (χ0v) is 10.7. The van der Waals surface area contributed by atoms with Crippen LogP contribution in [0.5, 0.6) is 0 Å². The van der Waals surface area contributed by atoms with E-state index in [9.17, 15) is 13.2 Å². The maximum Gasteiger partial charge on any atom is 0.393 e. The molecule has 0 aromatic heterocycles. The summed E-state index contributed by atoms with van der Waals surface area (Å²) in [4.78, 5) is 1.57. The van der Waals surface area contributed by atoms with Crippen molar-refractivity contribution in [3.05, 3.63) is 17.7 Å². The first-order valence-corrected chi connectivity index (χ1v) is 6.23. The summed E-state index contributed by atoms with van der Waals surface area (Å²) < 4.78 is 38.5. The van der Waals surface area contributed by atoms with Gasteiger partial charge < -0.3 is 16.4 Å². The van der Waals surface area contributed by atoms with Crippen LogP contribution in [0.2, 0.25) is 0 Å². The molecule has 1 aliphatic rings. The smallest absolute Gasteiger partial charge is 0.393 e. The highest BCUT2D eigenvalue weighted by Crippen LogP contribution is 2.36. The Hall–Kier alpha value is -2.10. The monoisotopic (exact) mass is 284 g/mol. The lowest BCUT2D eigenvalue weighted by molar-refractivity contribution is -0.175. The molecule has 4 N–H and O–H groups in total. The molecule has 1 heterocycles. The molecule has 0 bridgehead atoms. The third kappa shape index (κ3) is 2.74. The molecule has 1 aromatic rings. The predicted octanol–water partition coefficient (Wildman–Crippen LogP) is 2.50. The van der Waals surface area contributed by atoms with E-state index in [4.69, 9.17) is 16.7 Å². The van der Waals surface area contributed by atoms with Crippen molar-refractivity contribution in [1.29, 1.82) is 5.26 Å². The summed E-state index contributed by atoms with van der Waals surface area (Å²) in [6.07, 6.45) is -3.67. The van der Waals surface area contributed by atoms with Crippen LogP contribution in [0.1, 0.15) is 18.4 Å². The zero-order chi connectivity index (χ0) is 14.9. The van der Waals surface area contributed by atoms with Crippen molar-refractivity contribution < 1.29 is 13.2 Å². The minimum Gasteiger partial charge on any atom is -0.397 e. The van der Waals surface area contributed by atoms with Crippen LogP contribution in [0.15, 0.2) is 12.1 Å². The standard InChI is InChI=1S/C13H15F3N4/c14-13(15,16)9-2-1-3-20(7-9)12-5-11(19)10(18)4-8(12)6-17/h4-5,9H,1-3,7,18-19H2/t9-/m1/s1. The van der Waals surface area contributed by atoms with Crippen LogP contribution in [-0.2, 0) is 0 Å². The fraction of sp³-hybridized carbons (Fsp3) is 0.462. The SMILES string of the molecule is N#Cc1cc(N)c(N)cc1N1CCC[C@@H](C(F)(F)F)C1. The molecule has 0 unspecified atom stereocenters. The van der Waals surface area contributed by atoms with E-state index in [1.165, 1.54) is 12.1 Å². The van der Waals surface area contributed by atoms with Gasteiger partial charge in [-0.3, -0.25) is 0 Å². The van der Waals surface area contributed by atoms with E-state index in [1.807, 2.05) is 6.07 Å². The van der Waals surface area contributed by atoms with Crippen LogP contribution in [0.4, 0.5) is 30.2 Å². The lowest BCUT2D eigenvalue weighted by Gasteiger charge is -2.35. The molecule has 1 aliphatic heterocycles. The Morgan fingerprint density at radius 3 is 2.50 bits per heavy atom. The minimum absolute atomic E-state index is 0.117.